The smallest absolute Gasteiger partial charge is 0.255 e. The van der Waals surface area contributed by atoms with Crippen molar-refractivity contribution in [2.75, 3.05) is 45.6 Å². The van der Waals surface area contributed by atoms with Gasteiger partial charge in [0.15, 0.2) is 0 Å². The number of aromatic nitrogens is 1. The van der Waals surface area contributed by atoms with Crippen LogP contribution in [0, 0.1) is 0 Å². The maximum atomic E-state index is 12.5. The van der Waals surface area contributed by atoms with Gasteiger partial charge in [-0.05, 0) is 6.07 Å². The van der Waals surface area contributed by atoms with Gasteiger partial charge in [-0.25, -0.2) is 13.4 Å². The molecule has 0 saturated carbocycles. The standard InChI is InChI=1S/C15H21N3O5S/c1-24(20,21)18-7-5-17(6-8-18)15(19)12-2-3-14(16-10-12)23-13-4-9-22-11-13/h2-3,10,13H,4-9,11H2,1H3/t13-/m1/s1. The van der Waals surface area contributed by atoms with Crippen LogP contribution in [0.15, 0.2) is 18.3 Å². The summed E-state index contributed by atoms with van der Waals surface area (Å²) in [6, 6.07) is 3.36. The molecule has 1 aromatic heterocycles. The van der Waals surface area contributed by atoms with Crippen molar-refractivity contribution < 1.29 is 22.7 Å². The van der Waals surface area contributed by atoms with E-state index in [0.29, 0.717) is 50.8 Å². The summed E-state index contributed by atoms with van der Waals surface area (Å²) in [6.07, 6.45) is 3.54. The van der Waals surface area contributed by atoms with Gasteiger partial charge in [0.05, 0.1) is 25.0 Å². The summed E-state index contributed by atoms with van der Waals surface area (Å²) >= 11 is 0. The van der Waals surface area contributed by atoms with Crippen LogP contribution in [0.4, 0.5) is 0 Å². The first-order chi connectivity index (χ1) is 11.4. The molecule has 3 rings (SSSR count). The summed E-state index contributed by atoms with van der Waals surface area (Å²) in [4.78, 5) is 18.3. The highest BCUT2D eigenvalue weighted by Gasteiger charge is 2.26. The van der Waals surface area contributed by atoms with Gasteiger partial charge in [-0.3, -0.25) is 4.79 Å². The second kappa shape index (κ2) is 7.04. The van der Waals surface area contributed by atoms with Crippen LogP contribution in [0.3, 0.4) is 0 Å². The van der Waals surface area contributed by atoms with Crippen molar-refractivity contribution in [2.24, 2.45) is 0 Å². The normalized spacial score (nSPS) is 22.5. The SMILES string of the molecule is CS(=O)(=O)N1CCN(C(=O)c2ccc(O[C@@H]3CCOC3)nc2)CC1. The van der Waals surface area contributed by atoms with Crippen molar-refractivity contribution in [1.29, 1.82) is 0 Å². The number of pyridine rings is 1. The largest absolute Gasteiger partial charge is 0.472 e. The molecule has 132 valence electrons. The number of piperazine rings is 1. The van der Waals surface area contributed by atoms with E-state index in [-0.39, 0.29) is 12.0 Å². The van der Waals surface area contributed by atoms with Gasteiger partial charge in [-0.15, -0.1) is 0 Å². The zero-order valence-corrected chi connectivity index (χ0v) is 14.4. The Bertz CT molecular complexity index is 678. The average Bonchev–Trinajstić information content (AvgIpc) is 3.07. The highest BCUT2D eigenvalue weighted by Crippen LogP contribution is 2.16. The van der Waals surface area contributed by atoms with Gasteiger partial charge in [0.25, 0.3) is 5.91 Å². The number of hydrogen-bond acceptors (Lipinski definition) is 6. The predicted octanol–water partition coefficient (Wildman–Crippen LogP) is -0.0333. The molecule has 0 N–H and O–H groups in total. The lowest BCUT2D eigenvalue weighted by atomic mass is 10.2. The van der Waals surface area contributed by atoms with Gasteiger partial charge in [-0.1, -0.05) is 0 Å². The molecule has 24 heavy (non-hydrogen) atoms. The van der Waals surface area contributed by atoms with E-state index in [1.165, 1.54) is 16.8 Å². The Morgan fingerprint density at radius 2 is 2.04 bits per heavy atom. The molecule has 0 unspecified atom stereocenters. The molecule has 0 aromatic carbocycles. The number of hydrogen-bond donors (Lipinski definition) is 0. The van der Waals surface area contributed by atoms with Crippen LogP contribution >= 0.6 is 0 Å². The van der Waals surface area contributed by atoms with Crippen LogP contribution in [0.25, 0.3) is 0 Å². The van der Waals surface area contributed by atoms with Crippen LogP contribution in [0.5, 0.6) is 5.88 Å². The minimum absolute atomic E-state index is 0.0168. The Kier molecular flexibility index (Phi) is 5.02. The van der Waals surface area contributed by atoms with E-state index in [9.17, 15) is 13.2 Å². The molecule has 2 fully saturated rings. The number of ether oxygens (including phenoxy) is 2. The van der Waals surface area contributed by atoms with Crippen LogP contribution in [0.1, 0.15) is 16.8 Å². The summed E-state index contributed by atoms with van der Waals surface area (Å²) in [5.41, 5.74) is 0.470. The van der Waals surface area contributed by atoms with E-state index in [0.717, 1.165) is 6.42 Å². The number of carbonyl (C=O) groups excluding carboxylic acids is 1. The first-order valence-electron chi connectivity index (χ1n) is 7.88. The first kappa shape index (κ1) is 17.1. The molecule has 2 saturated heterocycles. The number of nitrogens with zero attached hydrogens (tertiary/aromatic N) is 3. The van der Waals surface area contributed by atoms with Crippen molar-refractivity contribution in [3.05, 3.63) is 23.9 Å². The van der Waals surface area contributed by atoms with E-state index in [2.05, 4.69) is 4.98 Å². The summed E-state index contributed by atoms with van der Waals surface area (Å²) in [7, 11) is -3.20. The Morgan fingerprint density at radius 3 is 2.58 bits per heavy atom. The van der Waals surface area contributed by atoms with Gasteiger partial charge in [0.2, 0.25) is 15.9 Å². The predicted molar refractivity (Wildman–Crippen MR) is 86.4 cm³/mol. The van der Waals surface area contributed by atoms with Gasteiger partial charge < -0.3 is 14.4 Å². The summed E-state index contributed by atoms with van der Waals surface area (Å²) in [6.45, 7) is 2.66. The zero-order valence-electron chi connectivity index (χ0n) is 13.6. The lowest BCUT2D eigenvalue weighted by molar-refractivity contribution is 0.0697. The first-order valence-corrected chi connectivity index (χ1v) is 9.73. The number of carbonyl (C=O) groups is 1. The van der Waals surface area contributed by atoms with Gasteiger partial charge in [0, 0.05) is 44.9 Å². The highest BCUT2D eigenvalue weighted by molar-refractivity contribution is 7.88. The molecule has 0 bridgehead atoms. The molecule has 1 aromatic rings. The third kappa shape index (κ3) is 4.03. The fraction of sp³-hybridized carbons (Fsp3) is 0.600. The van der Waals surface area contributed by atoms with Crippen LogP contribution in [-0.4, -0.2) is 80.3 Å². The maximum absolute atomic E-state index is 12.5. The third-order valence-electron chi connectivity index (χ3n) is 4.15. The molecule has 8 nitrogen and oxygen atoms in total. The van der Waals surface area contributed by atoms with Crippen LogP contribution in [0.2, 0.25) is 0 Å². The second-order valence-corrected chi connectivity index (χ2v) is 7.93. The van der Waals surface area contributed by atoms with E-state index in [4.69, 9.17) is 9.47 Å². The summed E-state index contributed by atoms with van der Waals surface area (Å²) in [5.74, 6) is 0.329. The van der Waals surface area contributed by atoms with Crippen LogP contribution in [-0.2, 0) is 14.8 Å². The molecule has 1 atom stereocenters. The molecule has 0 spiro atoms. The Morgan fingerprint density at radius 1 is 1.29 bits per heavy atom. The summed E-state index contributed by atoms with van der Waals surface area (Å²) < 4.78 is 35.3. The number of rotatable bonds is 4. The lowest BCUT2D eigenvalue weighted by Crippen LogP contribution is -2.50. The molecule has 0 radical (unpaired) electrons. The van der Waals surface area contributed by atoms with Crippen molar-refractivity contribution >= 4 is 15.9 Å². The molecule has 3 heterocycles. The Labute approximate surface area is 141 Å². The Hall–Kier alpha value is -1.71. The molecule has 9 heteroatoms. The van der Waals surface area contributed by atoms with Crippen LogP contribution < -0.4 is 4.74 Å². The quantitative estimate of drug-likeness (QED) is 0.753. The summed E-state index contributed by atoms with van der Waals surface area (Å²) in [5, 5.41) is 0. The second-order valence-electron chi connectivity index (χ2n) is 5.94. The van der Waals surface area contributed by atoms with Crippen molar-refractivity contribution in [2.45, 2.75) is 12.5 Å². The topological polar surface area (TPSA) is 89.0 Å². The van der Waals surface area contributed by atoms with Gasteiger partial charge in [0.1, 0.15) is 6.10 Å². The molecule has 1 amide bonds. The minimum Gasteiger partial charge on any atom is -0.472 e. The lowest BCUT2D eigenvalue weighted by Gasteiger charge is -2.33. The maximum Gasteiger partial charge on any atom is 0.255 e. The van der Waals surface area contributed by atoms with E-state index < -0.39 is 10.0 Å². The van der Waals surface area contributed by atoms with E-state index in [1.807, 2.05) is 0 Å². The molecular formula is C15H21N3O5S. The molecule has 2 aliphatic rings. The average molecular weight is 355 g/mol. The number of sulfonamides is 1. The molecule has 2 aliphatic heterocycles. The fourth-order valence-corrected chi connectivity index (χ4v) is 3.59. The van der Waals surface area contributed by atoms with E-state index >= 15 is 0 Å². The monoisotopic (exact) mass is 355 g/mol. The van der Waals surface area contributed by atoms with Gasteiger partial charge in [-0.2, -0.15) is 4.31 Å². The van der Waals surface area contributed by atoms with Gasteiger partial charge >= 0.3 is 0 Å². The molecular weight excluding hydrogens is 334 g/mol. The minimum atomic E-state index is -3.20. The highest BCUT2D eigenvalue weighted by atomic mass is 32.2. The van der Waals surface area contributed by atoms with E-state index in [1.54, 1.807) is 17.0 Å². The molecule has 0 aliphatic carbocycles. The van der Waals surface area contributed by atoms with Crippen molar-refractivity contribution in [3.8, 4) is 5.88 Å². The Balaban J connectivity index is 1.57. The van der Waals surface area contributed by atoms with Crippen molar-refractivity contribution in [3.63, 3.8) is 0 Å². The third-order valence-corrected chi connectivity index (χ3v) is 5.46. The fourth-order valence-electron chi connectivity index (χ4n) is 2.76. The van der Waals surface area contributed by atoms with Crippen molar-refractivity contribution in [1.82, 2.24) is 14.2 Å². The number of amides is 1. The zero-order chi connectivity index (χ0) is 17.2.